The number of nitro benzene ring substituents is 3. The summed E-state index contributed by atoms with van der Waals surface area (Å²) in [5.74, 6) is -0.00835. The number of aryl methyl sites for hydroxylation is 3. The van der Waals surface area contributed by atoms with Crippen LogP contribution in [-0.4, -0.2) is 34.7 Å². The molecule has 13 heteroatoms. The van der Waals surface area contributed by atoms with Gasteiger partial charge in [-0.25, -0.2) is 4.98 Å². The summed E-state index contributed by atoms with van der Waals surface area (Å²) in [5, 5.41) is 37.8. The molecule has 0 fully saturated rings. The lowest BCUT2D eigenvalue weighted by atomic mass is 9.98. The molecule has 67 heavy (non-hydrogen) atoms. The van der Waals surface area contributed by atoms with Crippen molar-refractivity contribution in [1.29, 1.82) is 0 Å². The summed E-state index contributed by atoms with van der Waals surface area (Å²) in [4.78, 5) is 49.0. The Bertz CT molecular complexity index is 3470. The summed E-state index contributed by atoms with van der Waals surface area (Å²) in [7, 11) is 0. The second-order valence-corrected chi connectivity index (χ2v) is 16.1. The lowest BCUT2D eigenvalue weighted by Gasteiger charge is -2.11. The molecule has 0 saturated carbocycles. The molecule has 0 N–H and O–H groups in total. The third-order valence-corrected chi connectivity index (χ3v) is 12.2. The number of pyridine rings is 1. The first kappa shape index (κ1) is 43.4. The molecule has 0 unspecified atom stereocenters. The molecule has 0 aliphatic carbocycles. The van der Waals surface area contributed by atoms with Crippen molar-refractivity contribution in [2.45, 2.75) is 39.8 Å². The van der Waals surface area contributed by atoms with E-state index in [0.717, 1.165) is 51.8 Å². The maximum absolute atomic E-state index is 12.5. The van der Waals surface area contributed by atoms with E-state index in [9.17, 15) is 35.1 Å². The smallest absolute Gasteiger partial charge is 0.269 e. The van der Waals surface area contributed by atoms with E-state index in [1.54, 1.807) is 24.3 Å². The maximum atomic E-state index is 12.5. The van der Waals surface area contributed by atoms with Crippen LogP contribution < -0.4 is 0 Å². The Hall–Kier alpha value is -8.84. The van der Waals surface area contributed by atoms with Gasteiger partial charge < -0.3 is 9.13 Å². The van der Waals surface area contributed by atoms with Crippen LogP contribution in [0.25, 0.3) is 77.3 Å². The summed E-state index contributed by atoms with van der Waals surface area (Å²) in [5.41, 5.74) is 11.0. The largest absolute Gasteiger partial charge is 0.341 e. The number of hydrogen-bond donors (Lipinski definition) is 0. The summed E-state index contributed by atoms with van der Waals surface area (Å²) >= 11 is 0. The van der Waals surface area contributed by atoms with E-state index in [2.05, 4.69) is 89.7 Å². The van der Waals surface area contributed by atoms with Gasteiger partial charge in [-0.05, 0) is 122 Å². The molecule has 3 heterocycles. The molecule has 0 aliphatic heterocycles. The number of carbonyl (C=O) groups is 1. The predicted octanol–water partition coefficient (Wildman–Crippen LogP) is 13.6. The van der Waals surface area contributed by atoms with Crippen molar-refractivity contribution in [3.05, 3.63) is 211 Å². The van der Waals surface area contributed by atoms with Gasteiger partial charge in [0, 0.05) is 116 Å². The zero-order chi connectivity index (χ0) is 46.8. The number of hydrogen-bond acceptors (Lipinski definition) is 8. The van der Waals surface area contributed by atoms with Crippen LogP contribution in [0.4, 0.5) is 17.1 Å². The second-order valence-electron chi connectivity index (χ2n) is 16.1. The van der Waals surface area contributed by atoms with Gasteiger partial charge in [0.2, 0.25) is 0 Å². The van der Waals surface area contributed by atoms with Gasteiger partial charge in [-0.15, -0.1) is 0 Å². The number of aromatic nitrogens is 3. The highest BCUT2D eigenvalue weighted by Gasteiger charge is 2.16. The minimum atomic E-state index is -0.462. The lowest BCUT2D eigenvalue weighted by molar-refractivity contribution is -0.385. The number of benzene rings is 7. The van der Waals surface area contributed by atoms with Crippen LogP contribution in [0.5, 0.6) is 0 Å². The third-order valence-electron chi connectivity index (χ3n) is 12.2. The molecule has 0 radical (unpaired) electrons. The van der Waals surface area contributed by atoms with Gasteiger partial charge in [0.15, 0.2) is 5.78 Å². The van der Waals surface area contributed by atoms with Gasteiger partial charge in [-0.1, -0.05) is 48.5 Å². The highest BCUT2D eigenvalue weighted by atomic mass is 16.6. The lowest BCUT2D eigenvalue weighted by Crippen LogP contribution is -2.01. The molecule has 7 aromatic carbocycles. The summed E-state index contributed by atoms with van der Waals surface area (Å²) in [6.07, 6.45) is 1.01. The normalized spacial score (nSPS) is 11.2. The van der Waals surface area contributed by atoms with Crippen molar-refractivity contribution in [3.8, 4) is 33.6 Å². The van der Waals surface area contributed by atoms with Crippen LogP contribution in [-0.2, 0) is 19.5 Å². The zero-order valence-electron chi connectivity index (χ0n) is 36.5. The van der Waals surface area contributed by atoms with Crippen molar-refractivity contribution < 1.29 is 19.6 Å². The van der Waals surface area contributed by atoms with Gasteiger partial charge in [-0.2, -0.15) is 0 Å². The Kier molecular flexibility index (Phi) is 11.9. The van der Waals surface area contributed by atoms with Crippen molar-refractivity contribution >= 4 is 66.5 Å². The number of rotatable bonds is 12. The Morgan fingerprint density at radius 2 is 0.881 bits per heavy atom. The van der Waals surface area contributed by atoms with E-state index in [4.69, 9.17) is 4.98 Å². The Balaban J connectivity index is 0.000000177. The first-order valence-corrected chi connectivity index (χ1v) is 21.8. The summed E-state index contributed by atoms with van der Waals surface area (Å²) in [6, 6.07) is 51.8. The summed E-state index contributed by atoms with van der Waals surface area (Å²) < 4.78 is 4.60. The molecule has 0 aliphatic rings. The molecule has 3 aromatic heterocycles. The van der Waals surface area contributed by atoms with E-state index in [-0.39, 0.29) is 22.8 Å². The minimum Gasteiger partial charge on any atom is -0.341 e. The van der Waals surface area contributed by atoms with Gasteiger partial charge in [0.25, 0.3) is 17.1 Å². The molecular weight excluding hydrogens is 845 g/mol. The number of para-hydroxylation sites is 2. The van der Waals surface area contributed by atoms with Crippen LogP contribution in [0.15, 0.2) is 170 Å². The number of ketones is 1. The zero-order valence-corrected chi connectivity index (χ0v) is 36.5. The molecule has 10 aromatic rings. The molecule has 10 rings (SSSR count). The number of nitrogens with zero attached hydrogens (tertiary/aromatic N) is 6. The number of nitro groups is 3. The first-order chi connectivity index (χ1) is 32.5. The van der Waals surface area contributed by atoms with E-state index in [1.807, 2.05) is 30.3 Å². The fourth-order valence-corrected chi connectivity index (χ4v) is 8.84. The topological polar surface area (TPSA) is 169 Å². The third kappa shape index (κ3) is 8.61. The minimum absolute atomic E-state index is 0.00302. The molecule has 0 saturated heterocycles. The molecule has 0 spiro atoms. The van der Waals surface area contributed by atoms with E-state index in [0.29, 0.717) is 29.8 Å². The van der Waals surface area contributed by atoms with Crippen LogP contribution in [0.3, 0.4) is 0 Å². The first-order valence-electron chi connectivity index (χ1n) is 21.8. The maximum Gasteiger partial charge on any atom is 0.269 e. The summed E-state index contributed by atoms with van der Waals surface area (Å²) in [6.45, 7) is 6.04. The number of carbonyl (C=O) groups excluding carboxylic acids is 1. The Morgan fingerprint density at radius 3 is 1.36 bits per heavy atom. The molecular formula is C54H42N6O7. The fraction of sp³-hybridized carbons (Fsp3) is 0.111. The number of non-ortho nitro benzene ring substituents is 3. The van der Waals surface area contributed by atoms with Crippen LogP contribution in [0.2, 0.25) is 0 Å². The molecule has 0 bridgehead atoms. The Morgan fingerprint density at radius 1 is 0.463 bits per heavy atom. The molecule has 0 atom stereocenters. The number of Topliss-reactive ketones (excluding diaryl/α,β-unsaturated/α-hetero) is 1. The van der Waals surface area contributed by atoms with Crippen LogP contribution >= 0.6 is 0 Å². The van der Waals surface area contributed by atoms with Crippen molar-refractivity contribution in [2.75, 3.05) is 0 Å². The monoisotopic (exact) mass is 886 g/mol. The van der Waals surface area contributed by atoms with Gasteiger partial charge in [-0.3, -0.25) is 35.1 Å². The van der Waals surface area contributed by atoms with Gasteiger partial charge in [0.1, 0.15) is 0 Å². The highest BCUT2D eigenvalue weighted by Crippen LogP contribution is 2.36. The van der Waals surface area contributed by atoms with Crippen LogP contribution in [0.1, 0.15) is 36.2 Å². The molecule has 330 valence electrons. The molecule has 13 nitrogen and oxygen atoms in total. The van der Waals surface area contributed by atoms with E-state index in [1.165, 1.54) is 81.2 Å². The molecule has 0 amide bonds. The SMILES string of the molecule is CCn1c2ccccc2c2cc(-c3cc(-c4ccc([N+](=O)[O-])cc4)nc(-c4ccc([N+](=O)[O-])cc4)c3)ccc21.CCn1c2ccccc2c2cc(CCC(=O)c3ccc([N+](=O)[O-])cc3)ccc21. The van der Waals surface area contributed by atoms with Crippen molar-refractivity contribution in [1.82, 2.24) is 14.1 Å². The fourth-order valence-electron chi connectivity index (χ4n) is 8.84. The Labute approximate surface area is 383 Å². The van der Waals surface area contributed by atoms with Crippen molar-refractivity contribution in [2.24, 2.45) is 0 Å². The standard InChI is InChI=1S/C31H22N4O4.C23H20N2O3/c1-2-33-30-6-4-3-5-26(30)27-17-22(11-16-31(27)33)23-18-28(20-7-12-24(13-8-20)34(36)37)32-29(19-23)21-9-14-25(15-10-21)35(38)39;1-2-24-21-6-4-3-5-19(21)20-15-16(7-13-22(20)24)8-14-23(26)17-9-11-18(12-10-17)25(27)28/h3-19H,2H2,1H3;3-7,9-13,15H,2,8,14H2,1H3. The van der Waals surface area contributed by atoms with Crippen molar-refractivity contribution in [3.63, 3.8) is 0 Å². The average Bonchev–Trinajstić information content (AvgIpc) is 3.87. The van der Waals surface area contributed by atoms with Gasteiger partial charge in [0.05, 0.1) is 26.2 Å². The predicted molar refractivity (Wildman–Crippen MR) is 263 cm³/mol. The quantitative estimate of drug-likeness (QED) is 0.0663. The second kappa shape index (κ2) is 18.3. The average molecular weight is 887 g/mol. The van der Waals surface area contributed by atoms with E-state index < -0.39 is 14.8 Å². The number of fused-ring (bicyclic) bond motifs is 6. The van der Waals surface area contributed by atoms with E-state index >= 15 is 0 Å². The highest BCUT2D eigenvalue weighted by molar-refractivity contribution is 6.10. The van der Waals surface area contributed by atoms with Gasteiger partial charge >= 0.3 is 0 Å². The van der Waals surface area contributed by atoms with Crippen LogP contribution in [0, 0.1) is 30.3 Å².